The first kappa shape index (κ1) is 15.0. The first-order valence-electron chi connectivity index (χ1n) is 7.53. The Balaban J connectivity index is 2.04. The molecule has 0 spiro atoms. The van der Waals surface area contributed by atoms with Crippen LogP contribution in [0.3, 0.4) is 0 Å². The van der Waals surface area contributed by atoms with Crippen molar-refractivity contribution < 1.29 is 0 Å². The first-order valence-corrected chi connectivity index (χ1v) is 8.47. The van der Waals surface area contributed by atoms with Crippen molar-refractivity contribution in [3.8, 4) is 0 Å². The molecule has 19 heavy (non-hydrogen) atoms. The van der Waals surface area contributed by atoms with Gasteiger partial charge in [0, 0.05) is 31.2 Å². The fourth-order valence-electron chi connectivity index (χ4n) is 2.96. The number of hydrogen-bond acceptors (Lipinski definition) is 3. The van der Waals surface area contributed by atoms with Crippen LogP contribution in [0.15, 0.2) is 16.8 Å². The van der Waals surface area contributed by atoms with Gasteiger partial charge in [-0.25, -0.2) is 0 Å². The van der Waals surface area contributed by atoms with Crippen molar-refractivity contribution in [1.82, 2.24) is 10.2 Å². The van der Waals surface area contributed by atoms with Gasteiger partial charge in [-0.2, -0.15) is 11.3 Å². The second-order valence-electron chi connectivity index (χ2n) is 6.57. The van der Waals surface area contributed by atoms with Crippen LogP contribution in [0.5, 0.6) is 0 Å². The van der Waals surface area contributed by atoms with E-state index in [-0.39, 0.29) is 0 Å². The molecule has 1 aliphatic heterocycles. The number of rotatable bonds is 5. The highest BCUT2D eigenvalue weighted by Crippen LogP contribution is 2.27. The molecule has 2 nitrogen and oxygen atoms in total. The molecule has 0 bridgehead atoms. The Morgan fingerprint density at radius 3 is 2.89 bits per heavy atom. The second-order valence-corrected chi connectivity index (χ2v) is 7.35. The molecule has 1 saturated heterocycles. The molecule has 0 aromatic carbocycles. The van der Waals surface area contributed by atoms with Gasteiger partial charge in [-0.3, -0.25) is 4.90 Å². The summed E-state index contributed by atoms with van der Waals surface area (Å²) in [5.74, 6) is 0.770. The van der Waals surface area contributed by atoms with Gasteiger partial charge in [0.1, 0.15) is 0 Å². The third-order valence-electron chi connectivity index (χ3n) is 4.45. The van der Waals surface area contributed by atoms with Crippen LogP contribution in [-0.4, -0.2) is 29.6 Å². The van der Waals surface area contributed by atoms with Gasteiger partial charge in [0.15, 0.2) is 0 Å². The minimum atomic E-state index is 0.301. The van der Waals surface area contributed by atoms with E-state index in [0.29, 0.717) is 11.6 Å². The van der Waals surface area contributed by atoms with Gasteiger partial charge in [-0.15, -0.1) is 0 Å². The summed E-state index contributed by atoms with van der Waals surface area (Å²) >= 11 is 1.81. The SMILES string of the molecule is CCC1(C)CNC(CC(C)C)CN1Cc1ccsc1. The lowest BCUT2D eigenvalue weighted by atomic mass is 9.89. The minimum absolute atomic E-state index is 0.301. The van der Waals surface area contributed by atoms with Gasteiger partial charge >= 0.3 is 0 Å². The molecule has 0 radical (unpaired) electrons. The van der Waals surface area contributed by atoms with E-state index in [1.807, 2.05) is 0 Å². The van der Waals surface area contributed by atoms with Gasteiger partial charge in [0.25, 0.3) is 0 Å². The lowest BCUT2D eigenvalue weighted by Crippen LogP contribution is -2.62. The number of nitrogens with one attached hydrogen (secondary N) is 1. The molecule has 0 aliphatic carbocycles. The van der Waals surface area contributed by atoms with Crippen LogP contribution < -0.4 is 5.32 Å². The normalized spacial score (nSPS) is 29.0. The Morgan fingerprint density at radius 1 is 1.53 bits per heavy atom. The maximum atomic E-state index is 3.76. The highest BCUT2D eigenvalue weighted by atomic mass is 32.1. The molecule has 2 heterocycles. The lowest BCUT2D eigenvalue weighted by Gasteiger charge is -2.48. The van der Waals surface area contributed by atoms with Crippen molar-refractivity contribution in [3.05, 3.63) is 22.4 Å². The molecular weight excluding hydrogens is 252 g/mol. The Labute approximate surface area is 122 Å². The van der Waals surface area contributed by atoms with E-state index >= 15 is 0 Å². The first-order chi connectivity index (χ1) is 9.03. The number of nitrogens with zero attached hydrogens (tertiary/aromatic N) is 1. The molecule has 0 amide bonds. The monoisotopic (exact) mass is 280 g/mol. The largest absolute Gasteiger partial charge is 0.311 e. The highest BCUT2D eigenvalue weighted by Gasteiger charge is 2.36. The summed E-state index contributed by atoms with van der Waals surface area (Å²) < 4.78 is 0. The van der Waals surface area contributed by atoms with E-state index in [0.717, 1.165) is 19.0 Å². The van der Waals surface area contributed by atoms with E-state index < -0.39 is 0 Å². The van der Waals surface area contributed by atoms with Crippen LogP contribution in [0.2, 0.25) is 0 Å². The summed E-state index contributed by atoms with van der Waals surface area (Å²) in [6, 6.07) is 2.92. The molecule has 1 N–H and O–H groups in total. The average Bonchev–Trinajstić information content (AvgIpc) is 2.86. The van der Waals surface area contributed by atoms with Crippen LogP contribution in [-0.2, 0) is 6.54 Å². The topological polar surface area (TPSA) is 15.3 Å². The van der Waals surface area contributed by atoms with Crippen LogP contribution >= 0.6 is 11.3 Å². The fraction of sp³-hybridized carbons (Fsp3) is 0.750. The second kappa shape index (κ2) is 6.38. The number of thiophene rings is 1. The molecule has 3 heteroatoms. The lowest BCUT2D eigenvalue weighted by molar-refractivity contribution is 0.0373. The van der Waals surface area contributed by atoms with Gasteiger partial charge < -0.3 is 5.32 Å². The Hall–Kier alpha value is -0.380. The zero-order valence-electron chi connectivity index (χ0n) is 12.8. The molecular formula is C16H28N2S. The number of hydrogen-bond donors (Lipinski definition) is 1. The Bertz CT molecular complexity index is 374. The smallest absolute Gasteiger partial charge is 0.0307 e. The van der Waals surface area contributed by atoms with E-state index in [4.69, 9.17) is 0 Å². The van der Waals surface area contributed by atoms with Crippen LogP contribution in [0, 0.1) is 5.92 Å². The molecule has 2 unspecified atom stereocenters. The van der Waals surface area contributed by atoms with Crippen molar-refractivity contribution >= 4 is 11.3 Å². The summed E-state index contributed by atoms with van der Waals surface area (Å²) in [6.45, 7) is 12.7. The highest BCUT2D eigenvalue weighted by molar-refractivity contribution is 7.07. The van der Waals surface area contributed by atoms with Gasteiger partial charge in [-0.05, 0) is 48.1 Å². The van der Waals surface area contributed by atoms with Crippen LogP contribution in [0.1, 0.15) is 46.1 Å². The molecule has 108 valence electrons. The summed E-state index contributed by atoms with van der Waals surface area (Å²) in [5, 5.41) is 8.24. The summed E-state index contributed by atoms with van der Waals surface area (Å²) in [7, 11) is 0. The molecule has 1 aromatic heterocycles. The molecule has 1 aliphatic rings. The fourth-order valence-corrected chi connectivity index (χ4v) is 3.62. The van der Waals surface area contributed by atoms with Gasteiger partial charge in [0.05, 0.1) is 0 Å². The van der Waals surface area contributed by atoms with E-state index in [1.54, 1.807) is 11.3 Å². The quantitative estimate of drug-likeness (QED) is 0.884. The van der Waals surface area contributed by atoms with Gasteiger partial charge in [-0.1, -0.05) is 20.8 Å². The van der Waals surface area contributed by atoms with Crippen molar-refractivity contribution in [2.45, 2.75) is 58.7 Å². The zero-order valence-corrected chi connectivity index (χ0v) is 13.6. The van der Waals surface area contributed by atoms with Crippen molar-refractivity contribution in [3.63, 3.8) is 0 Å². The Morgan fingerprint density at radius 2 is 2.32 bits per heavy atom. The summed E-state index contributed by atoms with van der Waals surface area (Å²) in [6.07, 6.45) is 2.48. The molecule has 2 atom stereocenters. The van der Waals surface area contributed by atoms with E-state index in [1.165, 1.54) is 24.9 Å². The average molecular weight is 280 g/mol. The van der Waals surface area contributed by atoms with E-state index in [2.05, 4.69) is 54.7 Å². The van der Waals surface area contributed by atoms with Crippen molar-refractivity contribution in [1.29, 1.82) is 0 Å². The Kier molecular flexibility index (Phi) is 5.04. The molecule has 0 saturated carbocycles. The standard InChI is InChI=1S/C16H28N2S/c1-5-16(4)12-17-15(8-13(2)3)10-18(16)9-14-6-7-19-11-14/h6-7,11,13,15,17H,5,8-10,12H2,1-4H3. The maximum absolute atomic E-state index is 3.76. The molecule has 1 fully saturated rings. The predicted molar refractivity (Wildman–Crippen MR) is 84.7 cm³/mol. The number of piperazine rings is 1. The summed E-state index contributed by atoms with van der Waals surface area (Å²) in [4.78, 5) is 2.69. The van der Waals surface area contributed by atoms with Crippen LogP contribution in [0.4, 0.5) is 0 Å². The maximum Gasteiger partial charge on any atom is 0.0307 e. The third kappa shape index (κ3) is 3.80. The predicted octanol–water partition coefficient (Wildman–Crippen LogP) is 3.74. The minimum Gasteiger partial charge on any atom is -0.311 e. The molecule has 2 rings (SSSR count). The van der Waals surface area contributed by atoms with Crippen molar-refractivity contribution in [2.75, 3.05) is 13.1 Å². The van der Waals surface area contributed by atoms with Gasteiger partial charge in [0.2, 0.25) is 0 Å². The molecule has 1 aromatic rings. The zero-order chi connectivity index (χ0) is 13.9. The van der Waals surface area contributed by atoms with Crippen LogP contribution in [0.25, 0.3) is 0 Å². The van der Waals surface area contributed by atoms with Crippen molar-refractivity contribution in [2.24, 2.45) is 5.92 Å². The van der Waals surface area contributed by atoms with E-state index in [9.17, 15) is 0 Å². The third-order valence-corrected chi connectivity index (χ3v) is 5.18. The summed E-state index contributed by atoms with van der Waals surface area (Å²) in [5.41, 5.74) is 1.77.